The zero-order valence-electron chi connectivity index (χ0n) is 23.2. The second-order valence-electron chi connectivity index (χ2n) is 10.9. The van der Waals surface area contributed by atoms with Gasteiger partial charge >= 0.3 is 5.97 Å². The van der Waals surface area contributed by atoms with Crippen LogP contribution >= 0.6 is 0 Å². The molecule has 1 aromatic carbocycles. The molecule has 2 saturated heterocycles. The second kappa shape index (κ2) is 14.0. The van der Waals surface area contributed by atoms with Crippen LogP contribution in [0.2, 0.25) is 0 Å². The molecule has 10 heteroatoms. The Hall–Kier alpha value is -2.85. The van der Waals surface area contributed by atoms with E-state index in [0.29, 0.717) is 63.5 Å². The highest BCUT2D eigenvalue weighted by Gasteiger charge is 2.47. The predicted molar refractivity (Wildman–Crippen MR) is 147 cm³/mol. The number of likely N-dealkylation sites (tertiary alicyclic amines) is 2. The van der Waals surface area contributed by atoms with Crippen molar-refractivity contribution in [2.45, 2.75) is 70.3 Å². The molecule has 3 N–H and O–H groups in total. The summed E-state index contributed by atoms with van der Waals surface area (Å²) in [5.74, 6) is -0.326. The maximum atomic E-state index is 13.6. The Bertz CT molecular complexity index is 1000. The fourth-order valence-corrected chi connectivity index (χ4v) is 6.20. The quantitative estimate of drug-likeness (QED) is 0.323. The number of carboxylic acids is 1. The number of nitrogens with two attached hydrogens (primary N) is 1. The Morgan fingerprint density at radius 1 is 1.13 bits per heavy atom. The largest absolute Gasteiger partial charge is 0.481 e. The van der Waals surface area contributed by atoms with Crippen LogP contribution < -0.4 is 15.2 Å². The van der Waals surface area contributed by atoms with Crippen molar-refractivity contribution in [3.05, 3.63) is 23.8 Å². The number of carbonyl (C=O) groups excluding carboxylic acids is 2. The Kier molecular flexibility index (Phi) is 10.4. The third-order valence-corrected chi connectivity index (χ3v) is 8.31. The van der Waals surface area contributed by atoms with Crippen molar-refractivity contribution in [3.63, 3.8) is 0 Å². The highest BCUT2D eigenvalue weighted by Crippen LogP contribution is 2.43. The molecule has 0 bridgehead atoms. The van der Waals surface area contributed by atoms with Crippen molar-refractivity contribution in [2.75, 3.05) is 52.6 Å². The molecule has 3 aliphatic heterocycles. The fourth-order valence-electron chi connectivity index (χ4n) is 6.20. The first-order valence-corrected chi connectivity index (χ1v) is 14.5. The lowest BCUT2D eigenvalue weighted by molar-refractivity contribution is -0.144. The second-order valence-corrected chi connectivity index (χ2v) is 10.9. The van der Waals surface area contributed by atoms with Gasteiger partial charge in [-0.15, -0.1) is 0 Å². The first-order chi connectivity index (χ1) is 18.9. The molecule has 2 amide bonds. The van der Waals surface area contributed by atoms with Crippen LogP contribution in [0, 0.1) is 5.92 Å². The third kappa shape index (κ3) is 7.22. The van der Waals surface area contributed by atoms with Crippen LogP contribution in [0.3, 0.4) is 0 Å². The molecule has 0 saturated carbocycles. The average molecular weight is 545 g/mol. The minimum atomic E-state index is -0.861. The molecule has 3 aliphatic rings. The summed E-state index contributed by atoms with van der Waals surface area (Å²) in [5, 5.41) is 10.4. The zero-order chi connectivity index (χ0) is 27.8. The number of hydrogen-bond donors (Lipinski definition) is 2. The Morgan fingerprint density at radius 3 is 2.64 bits per heavy atom. The summed E-state index contributed by atoms with van der Waals surface area (Å²) in [6, 6.07) is 5.33. The van der Waals surface area contributed by atoms with Crippen molar-refractivity contribution in [1.82, 2.24) is 14.7 Å². The standard InChI is InChI=1S/C29H44N4O6/c1-2-3-13-32(14-5-4-12-30)27(35)19-33-18-22(21-10-11-24-25(17-21)39-20-38-24)28(29(36)37)23(33)8-6-15-31-16-7-9-26(31)34/h10-11,17,22-23,28H,2-9,12-16,18-20,30H2,1H3,(H,36,37)/t22-,23+,28-/m1/s1. The number of benzene rings is 1. The smallest absolute Gasteiger partial charge is 0.308 e. The molecule has 0 spiro atoms. The first kappa shape index (κ1) is 29.1. The van der Waals surface area contributed by atoms with Gasteiger partial charge in [0, 0.05) is 51.1 Å². The zero-order valence-corrected chi connectivity index (χ0v) is 23.2. The summed E-state index contributed by atoms with van der Waals surface area (Å²) < 4.78 is 11.0. The summed E-state index contributed by atoms with van der Waals surface area (Å²) in [6.07, 6.45) is 6.43. The van der Waals surface area contributed by atoms with Gasteiger partial charge in [0.1, 0.15) is 0 Å². The van der Waals surface area contributed by atoms with Crippen LogP contribution in [-0.4, -0.2) is 96.2 Å². The van der Waals surface area contributed by atoms with Crippen LogP contribution in [0.4, 0.5) is 0 Å². The van der Waals surface area contributed by atoms with Gasteiger partial charge in [-0.2, -0.15) is 0 Å². The topological polar surface area (TPSA) is 126 Å². The Balaban J connectivity index is 1.53. The van der Waals surface area contributed by atoms with Gasteiger partial charge in [-0.1, -0.05) is 19.4 Å². The van der Waals surface area contributed by atoms with E-state index < -0.39 is 11.9 Å². The van der Waals surface area contributed by atoms with Crippen LogP contribution in [0.25, 0.3) is 0 Å². The molecular formula is C29H44N4O6. The summed E-state index contributed by atoms with van der Waals surface area (Å²) in [7, 11) is 0. The van der Waals surface area contributed by atoms with E-state index in [-0.39, 0.29) is 37.1 Å². The number of aliphatic carboxylic acids is 1. The number of carbonyl (C=O) groups is 3. The van der Waals surface area contributed by atoms with Crippen LogP contribution in [-0.2, 0) is 14.4 Å². The number of carboxylic acid groups (broad SMARTS) is 1. The molecule has 216 valence electrons. The molecule has 39 heavy (non-hydrogen) atoms. The summed E-state index contributed by atoms with van der Waals surface area (Å²) in [5.41, 5.74) is 6.56. The SMILES string of the molecule is CCCCN(CCCCN)C(=O)CN1C[C@H](c2ccc3c(c2)OCO3)[C@@H](C(=O)O)[C@@H]1CCCN1CCCC1=O. The summed E-state index contributed by atoms with van der Waals surface area (Å²) in [4.78, 5) is 44.3. The molecule has 3 atom stereocenters. The molecule has 10 nitrogen and oxygen atoms in total. The number of unbranched alkanes of at least 4 members (excludes halogenated alkanes) is 2. The molecule has 0 aliphatic carbocycles. The Labute approximate surface area is 231 Å². The number of rotatable bonds is 15. The highest BCUT2D eigenvalue weighted by molar-refractivity contribution is 5.79. The van der Waals surface area contributed by atoms with Gasteiger partial charge in [0.2, 0.25) is 18.6 Å². The van der Waals surface area contributed by atoms with Crippen LogP contribution in [0.15, 0.2) is 18.2 Å². The van der Waals surface area contributed by atoms with Gasteiger partial charge in [0.05, 0.1) is 12.5 Å². The van der Waals surface area contributed by atoms with Gasteiger partial charge in [0.15, 0.2) is 11.5 Å². The van der Waals surface area contributed by atoms with Crippen molar-refractivity contribution >= 4 is 17.8 Å². The van der Waals surface area contributed by atoms with Gasteiger partial charge in [0.25, 0.3) is 0 Å². The van der Waals surface area contributed by atoms with Crippen LogP contribution in [0.1, 0.15) is 69.8 Å². The van der Waals surface area contributed by atoms with Crippen molar-refractivity contribution in [3.8, 4) is 11.5 Å². The molecule has 0 aromatic heterocycles. The molecule has 3 heterocycles. The normalized spacial score (nSPS) is 22.6. The minimum absolute atomic E-state index is 0.0377. The predicted octanol–water partition coefficient (Wildman–Crippen LogP) is 2.65. The molecule has 4 rings (SSSR count). The van der Waals surface area contributed by atoms with E-state index in [2.05, 4.69) is 11.8 Å². The maximum Gasteiger partial charge on any atom is 0.308 e. The van der Waals surface area contributed by atoms with Crippen molar-refractivity contribution in [1.29, 1.82) is 0 Å². The van der Waals surface area contributed by atoms with Crippen molar-refractivity contribution in [2.24, 2.45) is 11.7 Å². The average Bonchev–Trinajstić information content (AvgIpc) is 3.64. The number of hydrogen-bond acceptors (Lipinski definition) is 7. The fraction of sp³-hybridized carbons (Fsp3) is 0.690. The monoisotopic (exact) mass is 544 g/mol. The number of fused-ring (bicyclic) bond motifs is 1. The van der Waals surface area contributed by atoms with E-state index in [4.69, 9.17) is 15.2 Å². The summed E-state index contributed by atoms with van der Waals surface area (Å²) >= 11 is 0. The van der Waals surface area contributed by atoms with E-state index in [1.54, 1.807) is 0 Å². The lowest BCUT2D eigenvalue weighted by Gasteiger charge is -2.30. The highest BCUT2D eigenvalue weighted by atomic mass is 16.7. The molecule has 1 aromatic rings. The summed E-state index contributed by atoms with van der Waals surface area (Å²) in [6.45, 7) is 6.27. The molecule has 0 unspecified atom stereocenters. The van der Waals surface area contributed by atoms with E-state index >= 15 is 0 Å². The minimum Gasteiger partial charge on any atom is -0.481 e. The molecule has 2 fully saturated rings. The Morgan fingerprint density at radius 2 is 1.92 bits per heavy atom. The van der Waals surface area contributed by atoms with Crippen LogP contribution in [0.5, 0.6) is 11.5 Å². The number of ether oxygens (including phenoxy) is 2. The van der Waals surface area contributed by atoms with E-state index in [1.807, 2.05) is 28.0 Å². The molecule has 0 radical (unpaired) electrons. The lowest BCUT2D eigenvalue weighted by atomic mass is 9.83. The molecular weight excluding hydrogens is 500 g/mol. The lowest BCUT2D eigenvalue weighted by Crippen LogP contribution is -2.45. The van der Waals surface area contributed by atoms with E-state index in [9.17, 15) is 19.5 Å². The van der Waals surface area contributed by atoms with Gasteiger partial charge in [-0.25, -0.2) is 0 Å². The maximum absolute atomic E-state index is 13.6. The van der Waals surface area contributed by atoms with E-state index in [0.717, 1.165) is 44.2 Å². The van der Waals surface area contributed by atoms with E-state index in [1.165, 1.54) is 0 Å². The number of nitrogens with zero attached hydrogens (tertiary/aromatic N) is 3. The van der Waals surface area contributed by atoms with Gasteiger partial charge in [-0.05, 0) is 62.8 Å². The van der Waals surface area contributed by atoms with Gasteiger partial charge < -0.3 is 30.1 Å². The number of amides is 2. The first-order valence-electron chi connectivity index (χ1n) is 14.5. The van der Waals surface area contributed by atoms with Crippen molar-refractivity contribution < 1.29 is 29.0 Å². The van der Waals surface area contributed by atoms with Gasteiger partial charge in [-0.3, -0.25) is 19.3 Å². The third-order valence-electron chi connectivity index (χ3n) is 8.31.